The number of carbonyl (C=O) groups excluding carboxylic acids is 1. The maximum absolute atomic E-state index is 12.1. The molecule has 20 heavy (non-hydrogen) atoms. The molecule has 5 nitrogen and oxygen atoms in total. The lowest BCUT2D eigenvalue weighted by atomic mass is 10.2. The zero-order chi connectivity index (χ0) is 13.9. The third kappa shape index (κ3) is 2.25. The van der Waals surface area contributed by atoms with Crippen molar-refractivity contribution in [3.05, 3.63) is 66.1 Å². The molecular formula is C15H14N4O. The van der Waals surface area contributed by atoms with Crippen LogP contribution in [0.1, 0.15) is 29.1 Å². The summed E-state index contributed by atoms with van der Waals surface area (Å²) >= 11 is 0. The highest BCUT2D eigenvalue weighted by molar-refractivity contribution is 5.94. The molecule has 2 heterocycles. The van der Waals surface area contributed by atoms with E-state index in [1.54, 1.807) is 12.1 Å². The van der Waals surface area contributed by atoms with Crippen LogP contribution in [-0.4, -0.2) is 20.5 Å². The summed E-state index contributed by atoms with van der Waals surface area (Å²) in [6.07, 6.45) is 1.88. The molecule has 1 aromatic carbocycles. The topological polar surface area (TPSA) is 59.3 Å². The molecule has 0 unspecified atom stereocenters. The molecule has 100 valence electrons. The Hall–Kier alpha value is -2.69. The number of carbonyl (C=O) groups is 1. The van der Waals surface area contributed by atoms with Gasteiger partial charge >= 0.3 is 0 Å². The molecular weight excluding hydrogens is 252 g/mol. The van der Waals surface area contributed by atoms with Gasteiger partial charge in [0, 0.05) is 11.8 Å². The third-order valence-corrected chi connectivity index (χ3v) is 3.11. The Bertz CT molecular complexity index is 736. The predicted molar refractivity (Wildman–Crippen MR) is 75.3 cm³/mol. The van der Waals surface area contributed by atoms with Gasteiger partial charge < -0.3 is 5.32 Å². The van der Waals surface area contributed by atoms with Crippen molar-refractivity contribution in [3.63, 3.8) is 0 Å². The molecule has 0 aliphatic heterocycles. The highest BCUT2D eigenvalue weighted by Crippen LogP contribution is 2.12. The molecule has 0 bridgehead atoms. The molecule has 3 rings (SSSR count). The molecule has 5 heteroatoms. The molecule has 1 atom stereocenters. The van der Waals surface area contributed by atoms with E-state index in [0.29, 0.717) is 11.4 Å². The van der Waals surface area contributed by atoms with Crippen LogP contribution in [0.4, 0.5) is 0 Å². The van der Waals surface area contributed by atoms with Crippen molar-refractivity contribution in [2.45, 2.75) is 13.0 Å². The smallest absolute Gasteiger partial charge is 0.251 e. The second kappa shape index (κ2) is 5.13. The molecule has 2 aromatic heterocycles. The van der Waals surface area contributed by atoms with Gasteiger partial charge in [-0.15, -0.1) is 10.2 Å². The zero-order valence-corrected chi connectivity index (χ0v) is 11.0. The standard InChI is InChI=1S/C15H14N4O/c1-11(16-15(20)12-7-3-2-4-8-12)14-18-17-13-9-5-6-10-19(13)14/h2-11H,1H3,(H,16,20)/t11-/m0/s1. The lowest BCUT2D eigenvalue weighted by Crippen LogP contribution is -2.27. The SMILES string of the molecule is C[C@H](NC(=O)c1ccccc1)c1nnc2ccccn12. The van der Waals surface area contributed by atoms with Crippen LogP contribution in [0.2, 0.25) is 0 Å². The van der Waals surface area contributed by atoms with Crippen molar-refractivity contribution >= 4 is 11.6 Å². The number of amides is 1. The summed E-state index contributed by atoms with van der Waals surface area (Å²) in [5, 5.41) is 11.2. The molecule has 1 amide bonds. The molecule has 0 radical (unpaired) electrons. The summed E-state index contributed by atoms with van der Waals surface area (Å²) < 4.78 is 1.87. The summed E-state index contributed by atoms with van der Waals surface area (Å²) in [5.74, 6) is 0.593. The van der Waals surface area contributed by atoms with E-state index < -0.39 is 0 Å². The number of nitrogens with one attached hydrogen (secondary N) is 1. The molecule has 3 aromatic rings. The van der Waals surface area contributed by atoms with Crippen molar-refractivity contribution < 1.29 is 4.79 Å². The van der Waals surface area contributed by atoms with Crippen LogP contribution in [-0.2, 0) is 0 Å². The van der Waals surface area contributed by atoms with Crippen LogP contribution in [0, 0.1) is 0 Å². The monoisotopic (exact) mass is 266 g/mol. The molecule has 0 aliphatic carbocycles. The first-order chi connectivity index (χ1) is 9.75. The van der Waals surface area contributed by atoms with E-state index in [-0.39, 0.29) is 11.9 Å². The Morgan fingerprint density at radius 1 is 1.10 bits per heavy atom. The van der Waals surface area contributed by atoms with E-state index in [9.17, 15) is 4.79 Å². The van der Waals surface area contributed by atoms with Crippen molar-refractivity contribution in [1.29, 1.82) is 0 Å². The van der Waals surface area contributed by atoms with Gasteiger partial charge in [-0.3, -0.25) is 9.20 Å². The Kier molecular flexibility index (Phi) is 3.16. The largest absolute Gasteiger partial charge is 0.342 e. The number of rotatable bonds is 3. The number of hydrogen-bond donors (Lipinski definition) is 1. The second-order valence-electron chi connectivity index (χ2n) is 4.55. The summed E-state index contributed by atoms with van der Waals surface area (Å²) in [5.41, 5.74) is 1.40. The second-order valence-corrected chi connectivity index (χ2v) is 4.55. The Labute approximate surface area is 116 Å². The van der Waals surface area contributed by atoms with Crippen molar-refractivity contribution in [3.8, 4) is 0 Å². The summed E-state index contributed by atoms with van der Waals surface area (Å²) in [4.78, 5) is 12.1. The summed E-state index contributed by atoms with van der Waals surface area (Å²) in [6, 6.07) is 14.6. The van der Waals surface area contributed by atoms with Crippen molar-refractivity contribution in [2.24, 2.45) is 0 Å². The van der Waals surface area contributed by atoms with E-state index in [0.717, 1.165) is 5.65 Å². The van der Waals surface area contributed by atoms with Gasteiger partial charge in [0.2, 0.25) is 0 Å². The minimum atomic E-state index is -0.222. The fourth-order valence-corrected chi connectivity index (χ4v) is 2.09. The molecule has 1 N–H and O–H groups in total. The van der Waals surface area contributed by atoms with Crippen LogP contribution in [0.5, 0.6) is 0 Å². The Morgan fingerprint density at radius 2 is 1.85 bits per heavy atom. The van der Waals surface area contributed by atoms with Crippen LogP contribution in [0.3, 0.4) is 0 Å². The van der Waals surface area contributed by atoms with E-state index in [1.165, 1.54) is 0 Å². The predicted octanol–water partition coefficient (Wildman–Crippen LogP) is 2.22. The fourth-order valence-electron chi connectivity index (χ4n) is 2.09. The van der Waals surface area contributed by atoms with Crippen LogP contribution in [0.25, 0.3) is 5.65 Å². The van der Waals surface area contributed by atoms with E-state index in [1.807, 2.05) is 53.9 Å². The van der Waals surface area contributed by atoms with Crippen molar-refractivity contribution in [1.82, 2.24) is 19.9 Å². The van der Waals surface area contributed by atoms with E-state index >= 15 is 0 Å². The highest BCUT2D eigenvalue weighted by Gasteiger charge is 2.16. The van der Waals surface area contributed by atoms with Gasteiger partial charge in [-0.1, -0.05) is 24.3 Å². The quantitative estimate of drug-likeness (QED) is 0.790. The van der Waals surface area contributed by atoms with E-state index in [2.05, 4.69) is 15.5 Å². The van der Waals surface area contributed by atoms with Gasteiger partial charge in [0.05, 0.1) is 6.04 Å². The van der Waals surface area contributed by atoms with Crippen LogP contribution >= 0.6 is 0 Å². The first-order valence-corrected chi connectivity index (χ1v) is 6.41. The van der Waals surface area contributed by atoms with Crippen LogP contribution in [0.15, 0.2) is 54.7 Å². The van der Waals surface area contributed by atoms with Gasteiger partial charge in [0.25, 0.3) is 5.91 Å². The number of fused-ring (bicyclic) bond motifs is 1. The molecule has 0 aliphatic rings. The number of hydrogen-bond acceptors (Lipinski definition) is 3. The van der Waals surface area contributed by atoms with E-state index in [4.69, 9.17) is 0 Å². The Balaban J connectivity index is 1.83. The van der Waals surface area contributed by atoms with Gasteiger partial charge in [0.1, 0.15) is 0 Å². The normalized spacial score (nSPS) is 12.2. The number of pyridine rings is 1. The molecule has 0 fully saturated rings. The van der Waals surface area contributed by atoms with Gasteiger partial charge in [0.15, 0.2) is 11.5 Å². The summed E-state index contributed by atoms with van der Waals surface area (Å²) in [7, 11) is 0. The van der Waals surface area contributed by atoms with Crippen molar-refractivity contribution in [2.75, 3.05) is 0 Å². The number of aromatic nitrogens is 3. The molecule has 0 spiro atoms. The number of benzene rings is 1. The minimum absolute atomic E-state index is 0.120. The number of nitrogens with zero attached hydrogens (tertiary/aromatic N) is 3. The lowest BCUT2D eigenvalue weighted by molar-refractivity contribution is 0.0938. The molecule has 0 saturated carbocycles. The summed E-state index contributed by atoms with van der Waals surface area (Å²) in [6.45, 7) is 1.89. The fraction of sp³-hybridized carbons (Fsp3) is 0.133. The van der Waals surface area contributed by atoms with Gasteiger partial charge in [-0.05, 0) is 31.2 Å². The van der Waals surface area contributed by atoms with Crippen LogP contribution < -0.4 is 5.32 Å². The Morgan fingerprint density at radius 3 is 2.65 bits per heavy atom. The maximum Gasteiger partial charge on any atom is 0.251 e. The highest BCUT2D eigenvalue weighted by atomic mass is 16.1. The first-order valence-electron chi connectivity index (χ1n) is 6.41. The maximum atomic E-state index is 12.1. The average Bonchev–Trinajstić information content (AvgIpc) is 2.92. The van der Waals surface area contributed by atoms with Gasteiger partial charge in [-0.2, -0.15) is 0 Å². The zero-order valence-electron chi connectivity index (χ0n) is 11.0. The minimum Gasteiger partial charge on any atom is -0.342 e. The van der Waals surface area contributed by atoms with Gasteiger partial charge in [-0.25, -0.2) is 0 Å². The average molecular weight is 266 g/mol. The third-order valence-electron chi connectivity index (χ3n) is 3.11. The first kappa shape index (κ1) is 12.3. The lowest BCUT2D eigenvalue weighted by Gasteiger charge is -2.12. The molecule has 0 saturated heterocycles.